The number of ether oxygens (including phenoxy) is 1. The molecule has 6 heteroatoms. The molecule has 140 valence electrons. The van der Waals surface area contributed by atoms with Gasteiger partial charge in [0.2, 0.25) is 0 Å². The number of carbonyl (C=O) groups excluding carboxylic acids is 1. The monoisotopic (exact) mass is 373 g/mol. The van der Waals surface area contributed by atoms with E-state index in [1.165, 1.54) is 37.3 Å². The molecule has 2 aromatic rings. The molecule has 5 nitrogen and oxygen atoms in total. The lowest BCUT2D eigenvalue weighted by atomic mass is 9.86. The topological polar surface area (TPSA) is 57.0 Å². The van der Waals surface area contributed by atoms with Crippen LogP contribution in [0.25, 0.3) is 11.4 Å². The van der Waals surface area contributed by atoms with Crippen LogP contribution in [0.5, 0.6) is 0 Å². The Hall–Kier alpha value is -1.82. The lowest BCUT2D eigenvalue weighted by Crippen LogP contribution is -2.11. The molecule has 0 saturated heterocycles. The third-order valence-electron chi connectivity index (χ3n) is 4.91. The van der Waals surface area contributed by atoms with Gasteiger partial charge in [0.05, 0.1) is 12.9 Å². The van der Waals surface area contributed by atoms with Gasteiger partial charge in [0.15, 0.2) is 11.0 Å². The molecule has 1 aromatic heterocycles. The predicted molar refractivity (Wildman–Crippen MR) is 104 cm³/mol. The predicted octanol–water partition coefficient (Wildman–Crippen LogP) is 4.62. The van der Waals surface area contributed by atoms with Crippen LogP contribution in [-0.4, -0.2) is 33.6 Å². The molecule has 0 spiro atoms. The van der Waals surface area contributed by atoms with Gasteiger partial charge in [0, 0.05) is 11.6 Å². The third kappa shape index (κ3) is 4.11. The van der Waals surface area contributed by atoms with Gasteiger partial charge >= 0.3 is 5.97 Å². The number of nitrogens with zero attached hydrogens (tertiary/aromatic N) is 3. The molecular formula is C20H27N3O2S. The number of thioether (sulfide) groups is 1. The number of rotatable bonds is 5. The number of benzene rings is 1. The van der Waals surface area contributed by atoms with E-state index in [1.807, 2.05) is 0 Å². The van der Waals surface area contributed by atoms with E-state index in [0.717, 1.165) is 29.4 Å². The summed E-state index contributed by atoms with van der Waals surface area (Å²) in [5.41, 5.74) is 2.50. The molecule has 3 rings (SSSR count). The van der Waals surface area contributed by atoms with Crippen molar-refractivity contribution < 1.29 is 9.53 Å². The smallest absolute Gasteiger partial charge is 0.316 e. The minimum Gasteiger partial charge on any atom is -0.468 e. The van der Waals surface area contributed by atoms with Crippen LogP contribution in [-0.2, 0) is 14.9 Å². The molecule has 0 N–H and O–H groups in total. The van der Waals surface area contributed by atoms with Crippen molar-refractivity contribution in [3.05, 3.63) is 29.8 Å². The summed E-state index contributed by atoms with van der Waals surface area (Å²) in [6.07, 6.45) is 4.73. The molecule has 0 radical (unpaired) electrons. The lowest BCUT2D eigenvalue weighted by Gasteiger charge is -2.20. The number of hydrogen-bond donors (Lipinski definition) is 0. The second-order valence-corrected chi connectivity index (χ2v) is 8.75. The summed E-state index contributed by atoms with van der Waals surface area (Å²) in [7, 11) is 1.41. The number of aromatic nitrogens is 3. The fraction of sp³-hybridized carbons (Fsp3) is 0.550. The van der Waals surface area contributed by atoms with E-state index in [0.29, 0.717) is 6.04 Å². The van der Waals surface area contributed by atoms with Gasteiger partial charge in [-0.2, -0.15) is 0 Å². The summed E-state index contributed by atoms with van der Waals surface area (Å²) in [6, 6.07) is 9.01. The average Bonchev–Trinajstić information content (AvgIpc) is 3.28. The Morgan fingerprint density at radius 3 is 2.42 bits per heavy atom. The molecule has 26 heavy (non-hydrogen) atoms. The van der Waals surface area contributed by atoms with E-state index in [1.54, 1.807) is 0 Å². The maximum Gasteiger partial charge on any atom is 0.316 e. The molecule has 0 atom stereocenters. The van der Waals surface area contributed by atoms with Crippen LogP contribution < -0.4 is 0 Å². The summed E-state index contributed by atoms with van der Waals surface area (Å²) < 4.78 is 6.99. The molecule has 0 aliphatic heterocycles. The molecule has 1 saturated carbocycles. The number of hydrogen-bond acceptors (Lipinski definition) is 5. The van der Waals surface area contributed by atoms with E-state index >= 15 is 0 Å². The molecule has 1 heterocycles. The van der Waals surface area contributed by atoms with Gasteiger partial charge in [-0.25, -0.2) is 0 Å². The van der Waals surface area contributed by atoms with E-state index in [-0.39, 0.29) is 17.1 Å². The minimum absolute atomic E-state index is 0.124. The van der Waals surface area contributed by atoms with Crippen LogP contribution >= 0.6 is 11.8 Å². The first kappa shape index (κ1) is 19.0. The standard InChI is InChI=1S/C20H27N3O2S/c1-20(2,3)15-11-9-14(10-12-15)18-21-22-19(26-13-17(24)25-4)23(18)16-7-5-6-8-16/h9-12,16H,5-8,13H2,1-4H3. The highest BCUT2D eigenvalue weighted by Crippen LogP contribution is 2.37. The van der Waals surface area contributed by atoms with Gasteiger partial charge in [0.25, 0.3) is 0 Å². The van der Waals surface area contributed by atoms with Gasteiger partial charge in [-0.1, -0.05) is 69.6 Å². The van der Waals surface area contributed by atoms with Crippen molar-refractivity contribution in [2.75, 3.05) is 12.9 Å². The Morgan fingerprint density at radius 2 is 1.85 bits per heavy atom. The molecular weight excluding hydrogens is 346 g/mol. The van der Waals surface area contributed by atoms with E-state index in [2.05, 4.69) is 59.8 Å². The van der Waals surface area contributed by atoms with Crippen LogP contribution in [0.4, 0.5) is 0 Å². The van der Waals surface area contributed by atoms with Gasteiger partial charge in [0.1, 0.15) is 0 Å². The Morgan fingerprint density at radius 1 is 1.19 bits per heavy atom. The first-order chi connectivity index (χ1) is 12.4. The van der Waals surface area contributed by atoms with Gasteiger partial charge < -0.3 is 4.74 Å². The first-order valence-electron chi connectivity index (χ1n) is 9.15. The molecule has 1 fully saturated rings. The summed E-state index contributed by atoms with van der Waals surface area (Å²) >= 11 is 1.40. The fourth-order valence-corrected chi connectivity index (χ4v) is 4.20. The van der Waals surface area contributed by atoms with Crippen molar-refractivity contribution in [2.45, 2.75) is 63.1 Å². The zero-order valence-corrected chi connectivity index (χ0v) is 16.8. The molecule has 0 unspecified atom stereocenters. The van der Waals surface area contributed by atoms with Crippen molar-refractivity contribution in [2.24, 2.45) is 0 Å². The van der Waals surface area contributed by atoms with E-state index in [4.69, 9.17) is 4.74 Å². The molecule has 0 amide bonds. The Kier molecular flexibility index (Phi) is 5.70. The summed E-state index contributed by atoms with van der Waals surface area (Å²) in [5, 5.41) is 9.65. The quantitative estimate of drug-likeness (QED) is 0.565. The maximum atomic E-state index is 11.5. The van der Waals surface area contributed by atoms with E-state index < -0.39 is 0 Å². The first-order valence-corrected chi connectivity index (χ1v) is 10.1. The van der Waals surface area contributed by atoms with Gasteiger partial charge in [-0.05, 0) is 23.8 Å². The third-order valence-corrected chi connectivity index (χ3v) is 5.83. The van der Waals surface area contributed by atoms with Crippen molar-refractivity contribution >= 4 is 17.7 Å². The van der Waals surface area contributed by atoms with Gasteiger partial charge in [-0.15, -0.1) is 10.2 Å². The minimum atomic E-state index is -0.243. The second-order valence-electron chi connectivity index (χ2n) is 7.81. The molecule has 1 aliphatic rings. The number of carbonyl (C=O) groups is 1. The second kappa shape index (κ2) is 7.82. The normalized spacial score (nSPS) is 15.4. The zero-order chi connectivity index (χ0) is 18.7. The Balaban J connectivity index is 1.93. The lowest BCUT2D eigenvalue weighted by molar-refractivity contribution is -0.137. The van der Waals surface area contributed by atoms with E-state index in [9.17, 15) is 4.79 Å². The fourth-order valence-electron chi connectivity index (χ4n) is 3.37. The number of esters is 1. The Labute approximate surface area is 159 Å². The van der Waals surface area contributed by atoms with Crippen molar-refractivity contribution in [3.8, 4) is 11.4 Å². The molecule has 1 aromatic carbocycles. The summed E-state index contributed by atoms with van der Waals surface area (Å²) in [5.74, 6) is 0.904. The highest BCUT2D eigenvalue weighted by molar-refractivity contribution is 7.99. The highest BCUT2D eigenvalue weighted by atomic mass is 32.2. The van der Waals surface area contributed by atoms with Crippen LogP contribution in [0, 0.1) is 0 Å². The maximum absolute atomic E-state index is 11.5. The van der Waals surface area contributed by atoms with Gasteiger partial charge in [-0.3, -0.25) is 9.36 Å². The number of methoxy groups -OCH3 is 1. The SMILES string of the molecule is COC(=O)CSc1nnc(-c2ccc(C(C)(C)C)cc2)n1C1CCCC1. The molecule has 1 aliphatic carbocycles. The van der Waals surface area contributed by atoms with Crippen molar-refractivity contribution in [1.29, 1.82) is 0 Å². The van der Waals surface area contributed by atoms with Crippen molar-refractivity contribution in [1.82, 2.24) is 14.8 Å². The average molecular weight is 374 g/mol. The van der Waals surface area contributed by atoms with Crippen LogP contribution in [0.2, 0.25) is 0 Å². The summed E-state index contributed by atoms with van der Waals surface area (Å²) in [6.45, 7) is 6.64. The van der Waals surface area contributed by atoms with Crippen LogP contribution in [0.1, 0.15) is 58.1 Å². The highest BCUT2D eigenvalue weighted by Gasteiger charge is 2.25. The largest absolute Gasteiger partial charge is 0.468 e. The van der Waals surface area contributed by atoms with Crippen molar-refractivity contribution in [3.63, 3.8) is 0 Å². The zero-order valence-electron chi connectivity index (χ0n) is 16.0. The Bertz CT molecular complexity index is 756. The van der Waals surface area contributed by atoms with Crippen LogP contribution in [0.3, 0.4) is 0 Å². The summed E-state index contributed by atoms with van der Waals surface area (Å²) in [4.78, 5) is 11.5. The van der Waals surface area contributed by atoms with Crippen LogP contribution in [0.15, 0.2) is 29.4 Å². The molecule has 0 bridgehead atoms.